The number of anilines is 1. The normalized spacial score (nSPS) is 18.4. The third kappa shape index (κ3) is 2.11. The molecule has 104 valence electrons. The molecule has 0 aliphatic carbocycles. The minimum absolute atomic E-state index is 0.0539. The summed E-state index contributed by atoms with van der Waals surface area (Å²) in [5.74, 6) is -0.0753. The first-order valence-corrected chi connectivity index (χ1v) is 6.69. The van der Waals surface area contributed by atoms with Crippen molar-refractivity contribution in [3.05, 3.63) is 47.8 Å². The van der Waals surface area contributed by atoms with Crippen LogP contribution in [0, 0.1) is 0 Å². The van der Waals surface area contributed by atoms with E-state index in [1.165, 1.54) is 12.1 Å². The second-order valence-electron chi connectivity index (χ2n) is 5.05. The van der Waals surface area contributed by atoms with Gasteiger partial charge >= 0.3 is 0 Å². The lowest BCUT2D eigenvalue weighted by molar-refractivity contribution is 0.0734. The number of hydrogen-bond donors (Lipinski definition) is 3. The van der Waals surface area contributed by atoms with Gasteiger partial charge in [-0.2, -0.15) is 0 Å². The van der Waals surface area contributed by atoms with Crippen LogP contribution in [0.3, 0.4) is 0 Å². The molecule has 5 heteroatoms. The van der Waals surface area contributed by atoms with Crippen molar-refractivity contribution in [2.45, 2.75) is 18.9 Å². The maximum absolute atomic E-state index is 12.6. The lowest BCUT2D eigenvalue weighted by atomic mass is 10.1. The molecular formula is C15H17N3O2. The van der Waals surface area contributed by atoms with Crippen molar-refractivity contribution in [1.82, 2.24) is 9.88 Å². The molecule has 1 atom stereocenters. The van der Waals surface area contributed by atoms with E-state index in [0.29, 0.717) is 17.8 Å². The van der Waals surface area contributed by atoms with Crippen molar-refractivity contribution in [1.29, 1.82) is 0 Å². The van der Waals surface area contributed by atoms with Gasteiger partial charge in [0.05, 0.1) is 11.6 Å². The van der Waals surface area contributed by atoms with Gasteiger partial charge in [-0.15, -0.1) is 0 Å². The summed E-state index contributed by atoms with van der Waals surface area (Å²) < 4.78 is 0. The zero-order chi connectivity index (χ0) is 14.1. The van der Waals surface area contributed by atoms with Crippen molar-refractivity contribution in [3.8, 4) is 5.75 Å². The van der Waals surface area contributed by atoms with Crippen LogP contribution in [0.1, 0.15) is 34.9 Å². The van der Waals surface area contributed by atoms with Crippen LogP contribution in [0.4, 0.5) is 5.69 Å². The van der Waals surface area contributed by atoms with Gasteiger partial charge < -0.3 is 20.7 Å². The third-order valence-corrected chi connectivity index (χ3v) is 3.76. The predicted octanol–water partition coefficient (Wildman–Crippen LogP) is 2.28. The Hall–Kier alpha value is -2.43. The van der Waals surface area contributed by atoms with Crippen LogP contribution in [0.25, 0.3) is 0 Å². The fourth-order valence-electron chi connectivity index (χ4n) is 2.77. The van der Waals surface area contributed by atoms with Gasteiger partial charge in [-0.05, 0) is 43.2 Å². The number of carbonyl (C=O) groups is 1. The van der Waals surface area contributed by atoms with Crippen LogP contribution in [0.2, 0.25) is 0 Å². The maximum Gasteiger partial charge on any atom is 0.256 e. The summed E-state index contributed by atoms with van der Waals surface area (Å²) >= 11 is 0. The van der Waals surface area contributed by atoms with Crippen LogP contribution >= 0.6 is 0 Å². The van der Waals surface area contributed by atoms with E-state index >= 15 is 0 Å². The number of likely N-dealkylation sites (tertiary alicyclic amines) is 1. The number of nitrogens with one attached hydrogen (secondary N) is 1. The SMILES string of the molecule is Nc1ccc(O)cc1C(=O)N1CCCC1c1ccc[nH]1. The van der Waals surface area contributed by atoms with Crippen LogP contribution in [0.5, 0.6) is 5.75 Å². The topological polar surface area (TPSA) is 82.3 Å². The molecule has 20 heavy (non-hydrogen) atoms. The molecule has 1 aromatic carbocycles. The smallest absolute Gasteiger partial charge is 0.256 e. The number of benzene rings is 1. The third-order valence-electron chi connectivity index (χ3n) is 3.76. The molecule has 0 saturated carbocycles. The molecular weight excluding hydrogens is 254 g/mol. The van der Waals surface area contributed by atoms with Gasteiger partial charge in [0.25, 0.3) is 5.91 Å². The van der Waals surface area contributed by atoms with Crippen molar-refractivity contribution < 1.29 is 9.90 Å². The van der Waals surface area contributed by atoms with E-state index < -0.39 is 0 Å². The molecule has 2 heterocycles. The minimum Gasteiger partial charge on any atom is -0.508 e. The van der Waals surface area contributed by atoms with Gasteiger partial charge in [0.1, 0.15) is 5.75 Å². The molecule has 1 unspecified atom stereocenters. The van der Waals surface area contributed by atoms with Gasteiger partial charge in [-0.1, -0.05) is 0 Å². The van der Waals surface area contributed by atoms with Crippen LogP contribution < -0.4 is 5.73 Å². The summed E-state index contributed by atoms with van der Waals surface area (Å²) in [6.45, 7) is 0.706. The average molecular weight is 271 g/mol. The molecule has 1 aliphatic rings. The fraction of sp³-hybridized carbons (Fsp3) is 0.267. The number of nitrogens with two attached hydrogens (primary N) is 1. The number of carbonyl (C=O) groups excluding carboxylic acids is 1. The molecule has 1 amide bonds. The summed E-state index contributed by atoms with van der Waals surface area (Å²) in [5, 5.41) is 9.55. The highest BCUT2D eigenvalue weighted by Gasteiger charge is 2.31. The van der Waals surface area contributed by atoms with Crippen LogP contribution in [0.15, 0.2) is 36.5 Å². The molecule has 1 aliphatic heterocycles. The first-order chi connectivity index (χ1) is 9.66. The number of aromatic nitrogens is 1. The Labute approximate surface area is 117 Å². The van der Waals surface area contributed by atoms with Gasteiger partial charge in [-0.25, -0.2) is 0 Å². The number of nitrogens with zero attached hydrogens (tertiary/aromatic N) is 1. The van der Waals surface area contributed by atoms with E-state index in [9.17, 15) is 9.90 Å². The zero-order valence-electron chi connectivity index (χ0n) is 11.0. The van der Waals surface area contributed by atoms with Crippen molar-refractivity contribution in [3.63, 3.8) is 0 Å². The molecule has 0 radical (unpaired) electrons. The number of H-pyrrole nitrogens is 1. The summed E-state index contributed by atoms with van der Waals surface area (Å²) in [5.41, 5.74) is 7.65. The number of phenolic OH excluding ortho intramolecular Hbond substituents is 1. The predicted molar refractivity (Wildman–Crippen MR) is 76.3 cm³/mol. The van der Waals surface area contributed by atoms with Crippen molar-refractivity contribution >= 4 is 11.6 Å². The molecule has 0 bridgehead atoms. The van der Waals surface area contributed by atoms with E-state index in [1.54, 1.807) is 6.07 Å². The number of amides is 1. The standard InChI is InChI=1S/C15H17N3O2/c16-12-6-5-10(19)9-11(12)15(20)18-8-2-4-14(18)13-3-1-7-17-13/h1,3,5-7,9,14,17,19H,2,4,8,16H2. The number of rotatable bonds is 2. The van der Waals surface area contributed by atoms with Crippen LogP contribution in [-0.2, 0) is 0 Å². The number of aromatic hydroxyl groups is 1. The highest BCUT2D eigenvalue weighted by atomic mass is 16.3. The van der Waals surface area contributed by atoms with Gasteiger partial charge in [0.2, 0.25) is 0 Å². The second-order valence-corrected chi connectivity index (χ2v) is 5.05. The van der Waals surface area contributed by atoms with Crippen molar-refractivity contribution in [2.75, 3.05) is 12.3 Å². The largest absolute Gasteiger partial charge is 0.508 e. The van der Waals surface area contributed by atoms with E-state index in [-0.39, 0.29) is 17.7 Å². The van der Waals surface area contributed by atoms with E-state index in [1.807, 2.05) is 23.2 Å². The second kappa shape index (κ2) is 4.92. The minimum atomic E-state index is -0.129. The highest BCUT2D eigenvalue weighted by Crippen LogP contribution is 2.33. The molecule has 0 spiro atoms. The van der Waals surface area contributed by atoms with E-state index in [0.717, 1.165) is 18.5 Å². The average Bonchev–Trinajstić information content (AvgIpc) is 3.10. The maximum atomic E-state index is 12.6. The Balaban J connectivity index is 1.91. The summed E-state index contributed by atoms with van der Waals surface area (Å²) in [7, 11) is 0. The molecule has 5 nitrogen and oxygen atoms in total. The first-order valence-electron chi connectivity index (χ1n) is 6.69. The number of nitrogen functional groups attached to an aromatic ring is 1. The highest BCUT2D eigenvalue weighted by molar-refractivity contribution is 5.99. The Kier molecular flexibility index (Phi) is 3.10. The number of hydrogen-bond acceptors (Lipinski definition) is 3. The number of aromatic amines is 1. The van der Waals surface area contributed by atoms with Crippen LogP contribution in [-0.4, -0.2) is 27.4 Å². The summed E-state index contributed by atoms with van der Waals surface area (Å²) in [4.78, 5) is 17.6. The monoisotopic (exact) mass is 271 g/mol. The molecule has 2 aromatic rings. The molecule has 1 saturated heterocycles. The Morgan fingerprint density at radius 3 is 3.00 bits per heavy atom. The molecule has 3 rings (SSSR count). The molecule has 1 aromatic heterocycles. The van der Waals surface area contributed by atoms with E-state index in [4.69, 9.17) is 5.73 Å². The quantitative estimate of drug-likeness (QED) is 0.579. The van der Waals surface area contributed by atoms with Gasteiger partial charge in [0, 0.05) is 24.1 Å². The summed E-state index contributed by atoms with van der Waals surface area (Å²) in [6.07, 6.45) is 3.76. The molecule has 1 fully saturated rings. The zero-order valence-corrected chi connectivity index (χ0v) is 11.0. The Bertz CT molecular complexity index is 622. The molecule has 4 N–H and O–H groups in total. The lowest BCUT2D eigenvalue weighted by Gasteiger charge is -2.24. The Morgan fingerprint density at radius 2 is 2.25 bits per heavy atom. The number of phenols is 1. The summed E-state index contributed by atoms with van der Waals surface area (Å²) in [6, 6.07) is 8.45. The fourth-order valence-corrected chi connectivity index (χ4v) is 2.77. The van der Waals surface area contributed by atoms with Crippen molar-refractivity contribution in [2.24, 2.45) is 0 Å². The lowest BCUT2D eigenvalue weighted by Crippen LogP contribution is -2.31. The first kappa shape index (κ1) is 12.6. The van der Waals surface area contributed by atoms with Gasteiger partial charge in [-0.3, -0.25) is 4.79 Å². The van der Waals surface area contributed by atoms with Gasteiger partial charge in [0.15, 0.2) is 0 Å². The Morgan fingerprint density at radius 1 is 1.40 bits per heavy atom. The van der Waals surface area contributed by atoms with E-state index in [2.05, 4.69) is 4.98 Å².